The smallest absolute Gasteiger partial charge is 0.319 e. The second-order valence-electron chi connectivity index (χ2n) is 11.9. The summed E-state index contributed by atoms with van der Waals surface area (Å²) in [7, 11) is 0. The maximum Gasteiger partial charge on any atom is 0.319 e. The van der Waals surface area contributed by atoms with Gasteiger partial charge in [0.15, 0.2) is 5.82 Å². The molecule has 3 aliphatic rings. The largest absolute Gasteiger partial charge is 0.508 e. The molecule has 4 N–H and O–H groups in total. The molecule has 3 fully saturated rings. The molecule has 9 nitrogen and oxygen atoms in total. The molecule has 3 saturated heterocycles. The van der Waals surface area contributed by atoms with Gasteiger partial charge in [-0.15, -0.1) is 6.42 Å². The number of hydrogen-bond donors (Lipinski definition) is 3. The van der Waals surface area contributed by atoms with Gasteiger partial charge in [-0.2, -0.15) is 9.97 Å². The first-order valence-corrected chi connectivity index (χ1v) is 14.6. The number of benzene rings is 2. The van der Waals surface area contributed by atoms with Gasteiger partial charge in [-0.25, -0.2) is 8.78 Å². The minimum Gasteiger partial charge on any atom is -0.508 e. The number of terminal acetylenes is 1. The number of piperidine rings is 1. The second-order valence-corrected chi connectivity index (χ2v) is 11.9. The lowest BCUT2D eigenvalue weighted by molar-refractivity contribution is 0.107. The summed E-state index contributed by atoms with van der Waals surface area (Å²) in [6.45, 7) is 3.08. The first kappa shape index (κ1) is 27.7. The van der Waals surface area contributed by atoms with E-state index < -0.39 is 17.7 Å². The van der Waals surface area contributed by atoms with Crippen molar-refractivity contribution < 1.29 is 23.7 Å². The van der Waals surface area contributed by atoms with E-state index in [9.17, 15) is 14.6 Å². The van der Waals surface area contributed by atoms with Crippen LogP contribution in [0, 0.1) is 24.0 Å². The van der Waals surface area contributed by atoms with Crippen molar-refractivity contribution in [2.24, 2.45) is 5.73 Å². The van der Waals surface area contributed by atoms with E-state index in [2.05, 4.69) is 20.8 Å². The van der Waals surface area contributed by atoms with Gasteiger partial charge in [-0.05, 0) is 68.8 Å². The van der Waals surface area contributed by atoms with Gasteiger partial charge in [0, 0.05) is 36.3 Å². The zero-order chi connectivity index (χ0) is 29.9. The van der Waals surface area contributed by atoms with E-state index in [0.29, 0.717) is 36.2 Å². The highest BCUT2D eigenvalue weighted by atomic mass is 19.1. The Morgan fingerprint density at radius 2 is 1.93 bits per heavy atom. The zero-order valence-electron chi connectivity index (χ0n) is 23.6. The van der Waals surface area contributed by atoms with E-state index in [-0.39, 0.29) is 57.6 Å². The third kappa shape index (κ3) is 4.70. The van der Waals surface area contributed by atoms with Crippen molar-refractivity contribution in [1.29, 1.82) is 0 Å². The summed E-state index contributed by atoms with van der Waals surface area (Å²) in [5, 5.41) is 22.0. The van der Waals surface area contributed by atoms with E-state index in [4.69, 9.17) is 21.9 Å². The van der Waals surface area contributed by atoms with Crippen LogP contribution in [0.2, 0.25) is 0 Å². The fraction of sp³-hybridized carbons (Fsp3) is 0.406. The fourth-order valence-corrected chi connectivity index (χ4v) is 7.21. The van der Waals surface area contributed by atoms with E-state index in [0.717, 1.165) is 38.8 Å². The van der Waals surface area contributed by atoms with Crippen LogP contribution in [-0.2, 0) is 0 Å². The van der Waals surface area contributed by atoms with Crippen LogP contribution < -0.4 is 15.4 Å². The van der Waals surface area contributed by atoms with Gasteiger partial charge in [0.1, 0.15) is 35.2 Å². The van der Waals surface area contributed by atoms with E-state index >= 15 is 4.39 Å². The van der Waals surface area contributed by atoms with Gasteiger partial charge in [0.05, 0.1) is 22.6 Å². The van der Waals surface area contributed by atoms with Crippen molar-refractivity contribution in [3.8, 4) is 35.4 Å². The minimum absolute atomic E-state index is 0.0106. The predicted molar refractivity (Wildman–Crippen MR) is 159 cm³/mol. The molecule has 5 heterocycles. The number of aromatic nitrogens is 3. The van der Waals surface area contributed by atoms with Crippen molar-refractivity contribution in [2.75, 3.05) is 37.7 Å². The molecule has 2 atom stereocenters. The number of aliphatic hydroxyl groups is 1. The number of anilines is 1. The number of nitrogens with zero attached hydrogens (tertiary/aromatic N) is 5. The Labute approximate surface area is 247 Å². The van der Waals surface area contributed by atoms with Gasteiger partial charge in [-0.1, -0.05) is 12.0 Å². The number of rotatable bonds is 5. The Hall–Kier alpha value is -4.11. The van der Waals surface area contributed by atoms with Gasteiger partial charge in [0.25, 0.3) is 0 Å². The van der Waals surface area contributed by atoms with Crippen LogP contribution in [0.1, 0.15) is 37.7 Å². The SMILES string of the molecule is C#Cc1c(F)ccc2cc(O)cc(-c3ncc4c(N5C[C@H](N)C[C@@H](O)C5)nc(OCC56CCCN5CCC6)nc4c3F)c12. The number of halogens is 2. The van der Waals surface area contributed by atoms with E-state index in [1.807, 2.05) is 4.90 Å². The maximum atomic E-state index is 16.6. The number of β-amino-alcohol motifs (C(OH)–C–C–N with tert-alkyl or cyclic N) is 1. The summed E-state index contributed by atoms with van der Waals surface area (Å²) in [4.78, 5) is 17.9. The molecule has 4 aromatic rings. The van der Waals surface area contributed by atoms with Crippen LogP contribution in [0.25, 0.3) is 32.9 Å². The molecule has 0 aliphatic carbocycles. The minimum atomic E-state index is -0.798. The van der Waals surface area contributed by atoms with Crippen LogP contribution >= 0.6 is 0 Å². The highest BCUT2D eigenvalue weighted by molar-refractivity contribution is 6.03. The van der Waals surface area contributed by atoms with E-state index in [1.165, 1.54) is 30.5 Å². The van der Waals surface area contributed by atoms with E-state index in [1.54, 1.807) is 0 Å². The lowest BCUT2D eigenvalue weighted by Gasteiger charge is -2.35. The van der Waals surface area contributed by atoms with Gasteiger partial charge in [0.2, 0.25) is 0 Å². The first-order chi connectivity index (χ1) is 20.8. The molecule has 0 saturated carbocycles. The molecule has 0 unspecified atom stereocenters. The van der Waals surface area contributed by atoms with Crippen LogP contribution in [0.5, 0.6) is 11.8 Å². The number of fused-ring (bicyclic) bond motifs is 3. The zero-order valence-corrected chi connectivity index (χ0v) is 23.6. The summed E-state index contributed by atoms with van der Waals surface area (Å²) in [5.74, 6) is 1.12. The number of ether oxygens (including phenoxy) is 1. The van der Waals surface area contributed by atoms with Crippen molar-refractivity contribution in [2.45, 2.75) is 49.8 Å². The number of aromatic hydroxyl groups is 1. The van der Waals surface area contributed by atoms with Crippen molar-refractivity contribution in [3.63, 3.8) is 0 Å². The molecule has 0 spiro atoms. The molecule has 2 aromatic heterocycles. The number of phenolic OH excluding ortho intramolecular Hbond substituents is 1. The number of nitrogens with two attached hydrogens (primary N) is 1. The monoisotopic (exact) mass is 586 g/mol. The number of hydrogen-bond acceptors (Lipinski definition) is 9. The molecule has 0 amide bonds. The Balaban J connectivity index is 1.39. The topological polar surface area (TPSA) is 121 Å². The van der Waals surface area contributed by atoms with Crippen LogP contribution in [0.3, 0.4) is 0 Å². The van der Waals surface area contributed by atoms with Crippen LogP contribution in [-0.4, -0.2) is 80.5 Å². The van der Waals surface area contributed by atoms with Crippen molar-refractivity contribution >= 4 is 27.5 Å². The number of aliphatic hydroxyl groups excluding tert-OH is 1. The van der Waals surface area contributed by atoms with Gasteiger partial charge in [-0.3, -0.25) is 9.88 Å². The Kier molecular flexibility index (Phi) is 6.80. The summed E-state index contributed by atoms with van der Waals surface area (Å²) in [5.41, 5.74) is 6.01. The first-order valence-electron chi connectivity index (χ1n) is 14.6. The lowest BCUT2D eigenvalue weighted by atomic mass is 9.95. The highest BCUT2D eigenvalue weighted by Gasteiger charge is 2.45. The molecule has 222 valence electrons. The molecule has 0 bridgehead atoms. The van der Waals surface area contributed by atoms with Crippen LogP contribution in [0.4, 0.5) is 14.6 Å². The molecule has 2 aromatic carbocycles. The standard InChI is InChI=1S/C32H32F2N6O3/c1-2-22-25(33)6-5-18-11-20(41)13-23(26(18)22)28-27(34)29-24(14-36-28)30(39-15-19(35)12-21(42)16-39)38-31(37-29)43-17-32-7-3-9-40(32)10-4-8-32/h1,5-6,11,13-14,19,21,41-42H,3-4,7-10,12,15-17,35H2/t19-,21-/m1/s1. The average Bonchev–Trinajstić information content (AvgIpc) is 3.56. The normalized spacial score (nSPS) is 21.8. The van der Waals surface area contributed by atoms with Crippen molar-refractivity contribution in [3.05, 3.63) is 47.7 Å². The molecule has 43 heavy (non-hydrogen) atoms. The number of phenols is 1. The molecule has 3 aliphatic heterocycles. The summed E-state index contributed by atoms with van der Waals surface area (Å²) in [6, 6.07) is 5.13. The quantitative estimate of drug-likeness (QED) is 0.301. The lowest BCUT2D eigenvalue weighted by Crippen LogP contribution is -2.49. The summed E-state index contributed by atoms with van der Waals surface area (Å²) < 4.78 is 37.6. The Bertz CT molecular complexity index is 1770. The number of pyridine rings is 1. The van der Waals surface area contributed by atoms with Gasteiger partial charge >= 0.3 is 6.01 Å². The predicted octanol–water partition coefficient (Wildman–Crippen LogP) is 3.72. The van der Waals surface area contributed by atoms with Gasteiger partial charge < -0.3 is 25.6 Å². The summed E-state index contributed by atoms with van der Waals surface area (Å²) in [6.07, 6.45) is 11.1. The Morgan fingerprint density at radius 3 is 2.67 bits per heavy atom. The molecule has 7 rings (SSSR count). The molecular formula is C32H32F2N6O3. The molecular weight excluding hydrogens is 554 g/mol. The molecule has 11 heteroatoms. The molecule has 0 radical (unpaired) electrons. The van der Waals surface area contributed by atoms with Crippen LogP contribution in [0.15, 0.2) is 30.5 Å². The average molecular weight is 587 g/mol. The second kappa shape index (κ2) is 10.6. The maximum absolute atomic E-state index is 16.6. The Morgan fingerprint density at radius 1 is 1.14 bits per heavy atom. The van der Waals surface area contributed by atoms with Crippen molar-refractivity contribution in [1.82, 2.24) is 19.9 Å². The third-order valence-corrected chi connectivity index (χ3v) is 9.14. The highest BCUT2D eigenvalue weighted by Crippen LogP contribution is 2.41. The fourth-order valence-electron chi connectivity index (χ4n) is 7.21. The summed E-state index contributed by atoms with van der Waals surface area (Å²) >= 11 is 0. The third-order valence-electron chi connectivity index (χ3n) is 9.14.